The highest BCUT2D eigenvalue weighted by Gasteiger charge is 2.35. The zero-order chi connectivity index (χ0) is 15.8. The first-order valence-electron chi connectivity index (χ1n) is 6.80. The van der Waals surface area contributed by atoms with Gasteiger partial charge in [-0.05, 0) is 51.0 Å². The predicted octanol–water partition coefficient (Wildman–Crippen LogP) is 1.29. The zero-order valence-electron chi connectivity index (χ0n) is 12.1. The Balaban J connectivity index is 2.40. The lowest BCUT2D eigenvalue weighted by molar-refractivity contribution is 0.204. The van der Waals surface area contributed by atoms with E-state index in [1.54, 1.807) is 0 Å². The zero-order valence-corrected chi connectivity index (χ0v) is 13.7. The summed E-state index contributed by atoms with van der Waals surface area (Å²) in [5, 5.41) is 5.02. The van der Waals surface area contributed by atoms with Crippen LogP contribution >= 0.6 is 0 Å². The minimum absolute atomic E-state index is 0.0586. The Morgan fingerprint density at radius 3 is 1.81 bits per heavy atom. The number of hydrogen-bond donors (Lipinski definition) is 1. The highest BCUT2D eigenvalue weighted by molar-refractivity contribution is 7.89. The average molecular weight is 332 g/mol. The quantitative estimate of drug-likeness (QED) is 0.901. The highest BCUT2D eigenvalue weighted by Crippen LogP contribution is 2.29. The van der Waals surface area contributed by atoms with E-state index in [4.69, 9.17) is 5.14 Å². The first-order chi connectivity index (χ1) is 9.64. The summed E-state index contributed by atoms with van der Waals surface area (Å²) in [6, 6.07) is 4.92. The fourth-order valence-electron chi connectivity index (χ4n) is 2.79. The number of primary sulfonamides is 1. The molecule has 1 aliphatic rings. The Hall–Kier alpha value is -0.960. The van der Waals surface area contributed by atoms with E-state index in [2.05, 4.69) is 0 Å². The van der Waals surface area contributed by atoms with Crippen LogP contribution in [0.25, 0.3) is 0 Å². The predicted molar refractivity (Wildman–Crippen MR) is 79.6 cm³/mol. The first kappa shape index (κ1) is 16.4. The van der Waals surface area contributed by atoms with Gasteiger partial charge in [0.1, 0.15) is 0 Å². The van der Waals surface area contributed by atoms with Crippen molar-refractivity contribution in [3.05, 3.63) is 24.3 Å². The molecule has 2 rings (SSSR count). The fourth-order valence-corrected chi connectivity index (χ4v) is 5.19. The van der Waals surface area contributed by atoms with Gasteiger partial charge in [0, 0.05) is 12.1 Å². The van der Waals surface area contributed by atoms with Crippen LogP contribution in [0.5, 0.6) is 0 Å². The van der Waals surface area contributed by atoms with Crippen molar-refractivity contribution in [2.45, 2.75) is 55.0 Å². The van der Waals surface area contributed by atoms with Crippen LogP contribution in [0.4, 0.5) is 0 Å². The monoisotopic (exact) mass is 332 g/mol. The molecule has 0 radical (unpaired) electrons. The molecule has 2 atom stereocenters. The summed E-state index contributed by atoms with van der Waals surface area (Å²) in [4.78, 5) is -0.00306. The summed E-state index contributed by atoms with van der Waals surface area (Å²) in [6.45, 7) is 3.79. The molecule has 1 aliphatic heterocycles. The molecule has 1 heterocycles. The fraction of sp³-hybridized carbons (Fsp3) is 0.538. The second kappa shape index (κ2) is 5.68. The van der Waals surface area contributed by atoms with E-state index >= 15 is 0 Å². The standard InChI is InChI=1S/C13H20N2O4S2/c1-10-4-3-5-11(2)15(10)21(18,19)13-8-6-12(7-9-13)20(14,16)17/h6-11H,3-5H2,1-2H3,(H2,14,16,17)/t10-,11+. The molecule has 0 saturated carbocycles. The molecule has 1 saturated heterocycles. The molecule has 1 aromatic rings. The molecule has 0 amide bonds. The van der Waals surface area contributed by atoms with Crippen molar-refractivity contribution < 1.29 is 16.8 Å². The van der Waals surface area contributed by atoms with Gasteiger partial charge in [-0.25, -0.2) is 22.0 Å². The minimum atomic E-state index is -3.82. The van der Waals surface area contributed by atoms with Crippen LogP contribution in [0.15, 0.2) is 34.1 Å². The maximum absolute atomic E-state index is 12.7. The van der Waals surface area contributed by atoms with Gasteiger partial charge in [-0.1, -0.05) is 6.42 Å². The second-order valence-corrected chi connectivity index (χ2v) is 8.88. The van der Waals surface area contributed by atoms with Gasteiger partial charge in [-0.15, -0.1) is 0 Å². The van der Waals surface area contributed by atoms with Crippen LogP contribution in [0.3, 0.4) is 0 Å². The molecule has 21 heavy (non-hydrogen) atoms. The number of sulfonamides is 2. The molecule has 0 aliphatic carbocycles. The van der Waals surface area contributed by atoms with E-state index in [0.717, 1.165) is 19.3 Å². The molecule has 118 valence electrons. The highest BCUT2D eigenvalue weighted by atomic mass is 32.2. The van der Waals surface area contributed by atoms with E-state index in [-0.39, 0.29) is 21.9 Å². The van der Waals surface area contributed by atoms with Crippen LogP contribution in [-0.2, 0) is 20.0 Å². The Bertz CT molecular complexity index is 701. The average Bonchev–Trinajstić information content (AvgIpc) is 2.37. The van der Waals surface area contributed by atoms with Crippen molar-refractivity contribution in [3.8, 4) is 0 Å². The largest absolute Gasteiger partial charge is 0.243 e. The van der Waals surface area contributed by atoms with E-state index in [0.29, 0.717) is 0 Å². The van der Waals surface area contributed by atoms with Crippen molar-refractivity contribution in [1.29, 1.82) is 0 Å². The molecule has 1 fully saturated rings. The van der Waals surface area contributed by atoms with Gasteiger partial charge in [0.2, 0.25) is 20.0 Å². The van der Waals surface area contributed by atoms with Gasteiger partial charge in [0.15, 0.2) is 0 Å². The normalized spacial score (nSPS) is 24.9. The molecule has 0 unspecified atom stereocenters. The maximum atomic E-state index is 12.7. The summed E-state index contributed by atoms with van der Waals surface area (Å²) in [6.07, 6.45) is 2.68. The van der Waals surface area contributed by atoms with Crippen LogP contribution < -0.4 is 5.14 Å². The third kappa shape index (κ3) is 3.28. The summed E-state index contributed by atoms with van der Waals surface area (Å²) in [7, 11) is -7.44. The Kier molecular flexibility index (Phi) is 4.44. The molecular formula is C13H20N2O4S2. The third-order valence-electron chi connectivity index (χ3n) is 3.84. The van der Waals surface area contributed by atoms with Crippen LogP contribution in [0.2, 0.25) is 0 Å². The number of benzene rings is 1. The van der Waals surface area contributed by atoms with Gasteiger partial charge >= 0.3 is 0 Å². The number of piperidine rings is 1. The topological polar surface area (TPSA) is 97.5 Å². The molecule has 2 N–H and O–H groups in total. The van der Waals surface area contributed by atoms with Crippen molar-refractivity contribution in [3.63, 3.8) is 0 Å². The van der Waals surface area contributed by atoms with Gasteiger partial charge in [-0.3, -0.25) is 0 Å². The summed E-state index contributed by atoms with van der Waals surface area (Å²) in [5.74, 6) is 0. The molecule has 1 aromatic carbocycles. The lowest BCUT2D eigenvalue weighted by Gasteiger charge is -2.37. The summed E-state index contributed by atoms with van der Waals surface area (Å²) < 4.78 is 49.4. The van der Waals surface area contributed by atoms with Crippen molar-refractivity contribution in [1.82, 2.24) is 4.31 Å². The van der Waals surface area contributed by atoms with Crippen molar-refractivity contribution in [2.75, 3.05) is 0 Å². The van der Waals surface area contributed by atoms with E-state index in [9.17, 15) is 16.8 Å². The van der Waals surface area contributed by atoms with Crippen molar-refractivity contribution >= 4 is 20.0 Å². The van der Waals surface area contributed by atoms with Crippen LogP contribution in [-0.4, -0.2) is 33.2 Å². The number of nitrogens with zero attached hydrogens (tertiary/aromatic N) is 1. The van der Waals surface area contributed by atoms with Crippen LogP contribution in [0, 0.1) is 0 Å². The molecule has 8 heteroatoms. The van der Waals surface area contributed by atoms with Crippen LogP contribution in [0.1, 0.15) is 33.1 Å². The molecular weight excluding hydrogens is 312 g/mol. The van der Waals surface area contributed by atoms with Crippen molar-refractivity contribution in [2.24, 2.45) is 5.14 Å². The SMILES string of the molecule is C[C@@H]1CCC[C@H](C)N1S(=O)(=O)c1ccc(S(N)(=O)=O)cc1. The Morgan fingerprint density at radius 1 is 0.952 bits per heavy atom. The smallest absolute Gasteiger partial charge is 0.225 e. The summed E-state index contributed by atoms with van der Waals surface area (Å²) in [5.41, 5.74) is 0. The second-order valence-electron chi connectivity index (χ2n) is 5.48. The number of nitrogens with two attached hydrogens (primary N) is 1. The van der Waals surface area contributed by atoms with Gasteiger partial charge in [0.05, 0.1) is 9.79 Å². The molecule has 0 aromatic heterocycles. The third-order valence-corrected chi connectivity index (χ3v) is 6.91. The Labute approximate surface area is 126 Å². The minimum Gasteiger partial charge on any atom is -0.225 e. The molecule has 6 nitrogen and oxygen atoms in total. The Morgan fingerprint density at radius 2 is 1.38 bits per heavy atom. The van der Waals surface area contributed by atoms with E-state index in [1.807, 2.05) is 13.8 Å². The number of hydrogen-bond acceptors (Lipinski definition) is 4. The maximum Gasteiger partial charge on any atom is 0.243 e. The van der Waals surface area contributed by atoms with E-state index < -0.39 is 20.0 Å². The van der Waals surface area contributed by atoms with Gasteiger partial charge in [-0.2, -0.15) is 4.31 Å². The number of rotatable bonds is 3. The van der Waals surface area contributed by atoms with E-state index in [1.165, 1.54) is 28.6 Å². The lowest BCUT2D eigenvalue weighted by atomic mass is 10.0. The lowest BCUT2D eigenvalue weighted by Crippen LogP contribution is -2.47. The summed E-state index contributed by atoms with van der Waals surface area (Å²) >= 11 is 0. The molecule has 0 spiro atoms. The van der Waals surface area contributed by atoms with Gasteiger partial charge in [0.25, 0.3) is 0 Å². The van der Waals surface area contributed by atoms with Gasteiger partial charge < -0.3 is 0 Å². The molecule has 0 bridgehead atoms. The first-order valence-corrected chi connectivity index (χ1v) is 9.79.